The van der Waals surface area contributed by atoms with E-state index in [0.29, 0.717) is 6.41 Å². The van der Waals surface area contributed by atoms with Crippen molar-refractivity contribution < 1.29 is 4.79 Å². The highest BCUT2D eigenvalue weighted by Crippen LogP contribution is 1.68. The van der Waals surface area contributed by atoms with Crippen molar-refractivity contribution in [1.29, 1.82) is 0 Å². The van der Waals surface area contributed by atoms with E-state index < -0.39 is 0 Å². The Kier molecular flexibility index (Phi) is 1.23. The number of amides is 1. The Bertz CT molecular complexity index is 158. The van der Waals surface area contributed by atoms with Gasteiger partial charge in [-0.15, -0.1) is 5.10 Å². The molecule has 0 aliphatic heterocycles. The molecule has 0 bridgehead atoms. The summed E-state index contributed by atoms with van der Waals surface area (Å²) in [6.45, 7) is 0. The molecule has 1 heterocycles. The summed E-state index contributed by atoms with van der Waals surface area (Å²) in [5, 5.41) is 6.86. The highest BCUT2D eigenvalue weighted by molar-refractivity contribution is 5.55. The summed E-state index contributed by atoms with van der Waals surface area (Å²) in [6, 6.07) is 0. The number of carbonyl (C=O) groups is 1. The standard InChI is InChI=1S/C3H4N4O/c8-3-5-7-2-1-4-6-7/h1-3H,(H,5,8). The van der Waals surface area contributed by atoms with Crippen molar-refractivity contribution >= 4 is 6.41 Å². The number of carbonyl (C=O) groups excluding carboxylic acids is 1. The van der Waals surface area contributed by atoms with Crippen LogP contribution in [-0.2, 0) is 4.79 Å². The van der Waals surface area contributed by atoms with Crippen molar-refractivity contribution in [3.05, 3.63) is 12.4 Å². The minimum atomic E-state index is 0.522. The van der Waals surface area contributed by atoms with Crippen LogP contribution in [0.25, 0.3) is 0 Å². The van der Waals surface area contributed by atoms with E-state index in [1.54, 1.807) is 0 Å². The van der Waals surface area contributed by atoms with Crippen molar-refractivity contribution in [3.63, 3.8) is 0 Å². The maximum atomic E-state index is 9.67. The van der Waals surface area contributed by atoms with Crippen LogP contribution in [0.1, 0.15) is 0 Å². The monoisotopic (exact) mass is 112 g/mol. The van der Waals surface area contributed by atoms with Crippen LogP contribution in [0.5, 0.6) is 0 Å². The van der Waals surface area contributed by atoms with E-state index in [4.69, 9.17) is 0 Å². The van der Waals surface area contributed by atoms with E-state index in [-0.39, 0.29) is 0 Å². The zero-order valence-electron chi connectivity index (χ0n) is 3.98. The van der Waals surface area contributed by atoms with E-state index in [9.17, 15) is 4.79 Å². The summed E-state index contributed by atoms with van der Waals surface area (Å²) in [5.74, 6) is 0. The number of aromatic nitrogens is 3. The number of hydrogen-bond acceptors (Lipinski definition) is 3. The summed E-state index contributed by atoms with van der Waals surface area (Å²) < 4.78 is 0. The lowest BCUT2D eigenvalue weighted by Crippen LogP contribution is -2.12. The molecule has 0 saturated carbocycles. The molecular formula is C3H4N4O. The van der Waals surface area contributed by atoms with Crippen LogP contribution in [0.4, 0.5) is 0 Å². The zero-order chi connectivity index (χ0) is 5.82. The van der Waals surface area contributed by atoms with Crippen molar-refractivity contribution in [2.24, 2.45) is 0 Å². The van der Waals surface area contributed by atoms with Crippen LogP contribution in [0.3, 0.4) is 0 Å². The van der Waals surface area contributed by atoms with Crippen LogP contribution < -0.4 is 5.43 Å². The number of hydrogen-bond donors (Lipinski definition) is 1. The summed E-state index contributed by atoms with van der Waals surface area (Å²) in [4.78, 5) is 10.9. The second kappa shape index (κ2) is 2.06. The van der Waals surface area contributed by atoms with Gasteiger partial charge in [0.15, 0.2) is 0 Å². The average Bonchev–Trinajstić information content (AvgIpc) is 2.19. The molecule has 0 aliphatic rings. The molecular weight excluding hydrogens is 108 g/mol. The molecule has 1 N–H and O–H groups in total. The third kappa shape index (κ3) is 0.810. The van der Waals surface area contributed by atoms with Crippen molar-refractivity contribution in [2.75, 3.05) is 5.43 Å². The molecule has 0 aromatic carbocycles. The van der Waals surface area contributed by atoms with E-state index in [1.807, 2.05) is 0 Å². The quantitative estimate of drug-likeness (QED) is 0.498. The van der Waals surface area contributed by atoms with Gasteiger partial charge in [0, 0.05) is 0 Å². The normalized spacial score (nSPS) is 8.50. The molecule has 8 heavy (non-hydrogen) atoms. The molecule has 0 aliphatic carbocycles. The molecule has 1 rings (SSSR count). The highest BCUT2D eigenvalue weighted by Gasteiger charge is 1.80. The molecule has 0 saturated heterocycles. The first kappa shape index (κ1) is 4.76. The molecule has 0 unspecified atom stereocenters. The minimum Gasteiger partial charge on any atom is -0.277 e. The van der Waals surface area contributed by atoms with Gasteiger partial charge in [-0.1, -0.05) is 0 Å². The molecule has 1 aromatic heterocycles. The highest BCUT2D eigenvalue weighted by atomic mass is 16.1. The molecule has 42 valence electrons. The second-order valence-corrected chi connectivity index (χ2v) is 1.09. The number of nitrogens with zero attached hydrogens (tertiary/aromatic N) is 3. The molecule has 0 radical (unpaired) electrons. The SMILES string of the molecule is O=CNn1ccnn1. The first-order valence-corrected chi connectivity index (χ1v) is 2.00. The van der Waals surface area contributed by atoms with Gasteiger partial charge in [0.05, 0.1) is 12.4 Å². The lowest BCUT2D eigenvalue weighted by atomic mass is 11.0. The molecule has 0 spiro atoms. The Morgan fingerprint density at radius 2 is 2.62 bits per heavy atom. The fourth-order valence-electron chi connectivity index (χ4n) is 0.331. The average molecular weight is 112 g/mol. The summed E-state index contributed by atoms with van der Waals surface area (Å²) in [5.41, 5.74) is 2.25. The van der Waals surface area contributed by atoms with Crippen molar-refractivity contribution in [1.82, 2.24) is 15.1 Å². The van der Waals surface area contributed by atoms with Crippen LogP contribution in [0, 0.1) is 0 Å². The van der Waals surface area contributed by atoms with Gasteiger partial charge in [-0.2, -0.15) is 4.79 Å². The van der Waals surface area contributed by atoms with Crippen molar-refractivity contribution in [3.8, 4) is 0 Å². The van der Waals surface area contributed by atoms with E-state index in [0.717, 1.165) is 0 Å². The zero-order valence-corrected chi connectivity index (χ0v) is 3.98. The fourth-order valence-corrected chi connectivity index (χ4v) is 0.331. The predicted octanol–water partition coefficient (Wildman–Crippen LogP) is -1.02. The van der Waals surface area contributed by atoms with Crippen LogP contribution >= 0.6 is 0 Å². The third-order valence-corrected chi connectivity index (χ3v) is 0.608. The maximum Gasteiger partial charge on any atom is 0.227 e. The molecule has 1 amide bonds. The van der Waals surface area contributed by atoms with Crippen LogP contribution in [0.2, 0.25) is 0 Å². The molecule has 0 fully saturated rings. The fraction of sp³-hybridized carbons (Fsp3) is 0. The van der Waals surface area contributed by atoms with Crippen LogP contribution in [0.15, 0.2) is 12.4 Å². The Morgan fingerprint density at radius 3 is 3.12 bits per heavy atom. The van der Waals surface area contributed by atoms with Crippen LogP contribution in [-0.4, -0.2) is 21.5 Å². The Balaban J connectivity index is 2.62. The van der Waals surface area contributed by atoms with E-state index in [1.165, 1.54) is 17.2 Å². The topological polar surface area (TPSA) is 59.8 Å². The predicted molar refractivity (Wildman–Crippen MR) is 25.4 cm³/mol. The summed E-state index contributed by atoms with van der Waals surface area (Å²) in [6.07, 6.45) is 3.51. The number of rotatable bonds is 2. The van der Waals surface area contributed by atoms with Gasteiger partial charge in [0.25, 0.3) is 0 Å². The largest absolute Gasteiger partial charge is 0.277 e. The van der Waals surface area contributed by atoms with Gasteiger partial charge in [-0.05, 0) is 5.21 Å². The Morgan fingerprint density at radius 1 is 1.75 bits per heavy atom. The van der Waals surface area contributed by atoms with Gasteiger partial charge in [0.1, 0.15) is 0 Å². The van der Waals surface area contributed by atoms with E-state index in [2.05, 4.69) is 15.7 Å². The van der Waals surface area contributed by atoms with Gasteiger partial charge in [-0.25, -0.2) is 5.43 Å². The summed E-state index contributed by atoms with van der Waals surface area (Å²) >= 11 is 0. The number of nitrogens with one attached hydrogen (secondary N) is 1. The van der Waals surface area contributed by atoms with Crippen molar-refractivity contribution in [2.45, 2.75) is 0 Å². The maximum absolute atomic E-state index is 9.67. The molecule has 0 atom stereocenters. The van der Waals surface area contributed by atoms with Gasteiger partial charge in [-0.3, -0.25) is 4.79 Å². The molecule has 5 nitrogen and oxygen atoms in total. The lowest BCUT2D eigenvalue weighted by Gasteiger charge is -1.89. The van der Waals surface area contributed by atoms with Gasteiger partial charge < -0.3 is 0 Å². The molecule has 5 heteroatoms. The first-order chi connectivity index (χ1) is 3.93. The lowest BCUT2D eigenvalue weighted by molar-refractivity contribution is -0.106. The van der Waals surface area contributed by atoms with E-state index >= 15 is 0 Å². The summed E-state index contributed by atoms with van der Waals surface area (Å²) in [7, 11) is 0. The minimum absolute atomic E-state index is 0.522. The second-order valence-electron chi connectivity index (χ2n) is 1.09. The first-order valence-electron chi connectivity index (χ1n) is 2.00. The molecule has 1 aromatic rings. The van der Waals surface area contributed by atoms with Gasteiger partial charge >= 0.3 is 0 Å². The van der Waals surface area contributed by atoms with Gasteiger partial charge in [0.2, 0.25) is 6.41 Å². The Hall–Kier alpha value is -1.39. The smallest absolute Gasteiger partial charge is 0.227 e. The third-order valence-electron chi connectivity index (χ3n) is 0.608. The Labute approximate surface area is 45.3 Å².